The fraction of sp³-hybridized carbons (Fsp3) is 0.600. The highest BCUT2D eigenvalue weighted by atomic mass is 16.4. The van der Waals surface area contributed by atoms with E-state index in [-0.39, 0.29) is 6.42 Å². The summed E-state index contributed by atoms with van der Waals surface area (Å²) < 4.78 is 1.55. The highest BCUT2D eigenvalue weighted by Crippen LogP contribution is 1.73. The number of nitrogens with zero attached hydrogens (tertiary/aromatic N) is 1. The summed E-state index contributed by atoms with van der Waals surface area (Å²) in [6.45, 7) is 3.90. The Hall–Kier alpha value is -0.860. The fourth-order valence-corrected chi connectivity index (χ4v) is 0.282. The number of carbonyl (C=O) groups excluding carboxylic acids is 1. The molecular weight excluding hydrogens is 106 g/mol. The van der Waals surface area contributed by atoms with Crippen molar-refractivity contribution in [2.24, 2.45) is 0 Å². The maximum atomic E-state index is 9.74. The highest BCUT2D eigenvalue weighted by Gasteiger charge is 1.90. The average Bonchev–Trinajstić information content (AvgIpc) is 1.61. The zero-order chi connectivity index (χ0) is 6.57. The normalized spacial score (nSPS) is 8.62. The molecule has 0 aliphatic rings. The van der Waals surface area contributed by atoms with Crippen LogP contribution in [-0.2, 0) is 4.79 Å². The average molecular weight is 115 g/mol. The van der Waals surface area contributed by atoms with Gasteiger partial charge in [-0.25, -0.2) is 4.58 Å². The van der Waals surface area contributed by atoms with Gasteiger partial charge in [0.2, 0.25) is 0 Å². The summed E-state index contributed by atoms with van der Waals surface area (Å²) >= 11 is 0. The summed E-state index contributed by atoms with van der Waals surface area (Å²) in [6, 6.07) is 0. The summed E-state index contributed by atoms with van der Waals surface area (Å²) in [6.07, 6.45) is 0.0556. The second kappa shape index (κ2) is 3.18. The molecule has 0 aliphatic heterocycles. The maximum Gasteiger partial charge on any atom is 0.147 e. The van der Waals surface area contributed by atoms with Crippen molar-refractivity contribution in [3.8, 4) is 0 Å². The van der Waals surface area contributed by atoms with E-state index in [0.29, 0.717) is 6.54 Å². The Morgan fingerprint density at radius 2 is 2.38 bits per heavy atom. The molecule has 0 N–H and O–H groups in total. The second-order valence-corrected chi connectivity index (χ2v) is 1.70. The predicted molar refractivity (Wildman–Crippen MR) is 27.8 cm³/mol. The van der Waals surface area contributed by atoms with E-state index in [1.54, 1.807) is 11.6 Å². The van der Waals surface area contributed by atoms with Crippen molar-refractivity contribution in [1.82, 2.24) is 0 Å². The molecule has 0 saturated heterocycles. The van der Waals surface area contributed by atoms with Gasteiger partial charge in [-0.2, -0.15) is 0 Å². The standard InChI is InChI=1S/C5H9NO2/c1-6(2)4-3-5(7)8/h1,3-4H2,2H3. The summed E-state index contributed by atoms with van der Waals surface area (Å²) in [5, 5.41) is 9.74. The molecule has 0 spiro atoms. The Bertz CT molecular complexity index is 95.0. The smallest absolute Gasteiger partial charge is 0.147 e. The van der Waals surface area contributed by atoms with Gasteiger partial charge in [0.05, 0.1) is 0 Å². The second-order valence-electron chi connectivity index (χ2n) is 1.70. The highest BCUT2D eigenvalue weighted by molar-refractivity contribution is 5.64. The van der Waals surface area contributed by atoms with Crippen molar-refractivity contribution in [1.29, 1.82) is 0 Å². The molecule has 3 heteroatoms. The first-order valence-corrected chi connectivity index (χ1v) is 2.34. The van der Waals surface area contributed by atoms with Crippen molar-refractivity contribution in [3.63, 3.8) is 0 Å². The maximum absolute atomic E-state index is 9.74. The molecule has 8 heavy (non-hydrogen) atoms. The molecule has 0 aromatic carbocycles. The van der Waals surface area contributed by atoms with Crippen LogP contribution in [0.25, 0.3) is 0 Å². The van der Waals surface area contributed by atoms with Gasteiger partial charge in [-0.15, -0.1) is 0 Å². The van der Waals surface area contributed by atoms with E-state index in [2.05, 4.69) is 6.72 Å². The first-order valence-electron chi connectivity index (χ1n) is 2.34. The van der Waals surface area contributed by atoms with E-state index in [1.165, 1.54) is 0 Å². The number of carboxylic acid groups (broad SMARTS) is 1. The first kappa shape index (κ1) is 7.14. The molecule has 3 nitrogen and oxygen atoms in total. The third kappa shape index (κ3) is 5.14. The van der Waals surface area contributed by atoms with Crippen LogP contribution in [0.4, 0.5) is 0 Å². The third-order valence-corrected chi connectivity index (χ3v) is 0.698. The van der Waals surface area contributed by atoms with Crippen LogP contribution in [0.5, 0.6) is 0 Å². The van der Waals surface area contributed by atoms with E-state index < -0.39 is 5.97 Å². The van der Waals surface area contributed by atoms with Crippen LogP contribution in [0.1, 0.15) is 6.42 Å². The molecule has 0 aliphatic carbocycles. The van der Waals surface area contributed by atoms with Gasteiger partial charge in [-0.05, 0) is 0 Å². The summed E-state index contributed by atoms with van der Waals surface area (Å²) in [5.41, 5.74) is 0. The lowest BCUT2D eigenvalue weighted by atomic mass is 10.4. The van der Waals surface area contributed by atoms with E-state index in [9.17, 15) is 9.90 Å². The van der Waals surface area contributed by atoms with Crippen LogP contribution in [0.15, 0.2) is 0 Å². The van der Waals surface area contributed by atoms with Crippen LogP contribution in [0.2, 0.25) is 0 Å². The van der Waals surface area contributed by atoms with E-state index in [0.717, 1.165) is 0 Å². The molecule has 0 saturated carbocycles. The molecular formula is C5H9NO2. The quantitative estimate of drug-likeness (QED) is 0.331. The SMILES string of the molecule is C=[N+](C)CCC(=O)[O-]. The topological polar surface area (TPSA) is 43.1 Å². The minimum Gasteiger partial charge on any atom is -0.550 e. The van der Waals surface area contributed by atoms with Crippen molar-refractivity contribution in [3.05, 3.63) is 0 Å². The van der Waals surface area contributed by atoms with Gasteiger partial charge in [0.25, 0.3) is 0 Å². The van der Waals surface area contributed by atoms with Crippen LogP contribution < -0.4 is 5.11 Å². The van der Waals surface area contributed by atoms with Gasteiger partial charge >= 0.3 is 0 Å². The Labute approximate surface area is 48.3 Å². The molecule has 0 atom stereocenters. The van der Waals surface area contributed by atoms with Gasteiger partial charge in [0, 0.05) is 12.4 Å². The van der Waals surface area contributed by atoms with Gasteiger partial charge < -0.3 is 9.90 Å². The van der Waals surface area contributed by atoms with Crippen molar-refractivity contribution in [2.75, 3.05) is 13.6 Å². The number of aliphatic carboxylic acids is 1. The Kier molecular flexibility index (Phi) is 2.84. The number of carboxylic acids is 1. The summed E-state index contributed by atoms with van der Waals surface area (Å²) in [7, 11) is 1.71. The molecule has 0 fully saturated rings. The largest absolute Gasteiger partial charge is 0.550 e. The van der Waals surface area contributed by atoms with E-state index in [1.807, 2.05) is 0 Å². The van der Waals surface area contributed by atoms with Crippen LogP contribution in [0.3, 0.4) is 0 Å². The van der Waals surface area contributed by atoms with Gasteiger partial charge in [0.1, 0.15) is 20.3 Å². The molecule has 0 bridgehead atoms. The lowest BCUT2D eigenvalue weighted by Crippen LogP contribution is -2.25. The molecule has 0 unspecified atom stereocenters. The Balaban J connectivity index is 3.18. The molecule has 0 rings (SSSR count). The zero-order valence-corrected chi connectivity index (χ0v) is 4.89. The molecule has 0 amide bonds. The minimum atomic E-state index is -1.03. The molecule has 0 radical (unpaired) electrons. The van der Waals surface area contributed by atoms with Crippen molar-refractivity contribution >= 4 is 12.7 Å². The van der Waals surface area contributed by atoms with Crippen molar-refractivity contribution < 1.29 is 14.5 Å². The number of rotatable bonds is 3. The van der Waals surface area contributed by atoms with Gasteiger partial charge in [0.15, 0.2) is 0 Å². The third-order valence-electron chi connectivity index (χ3n) is 0.698. The number of hydrogen-bond acceptors (Lipinski definition) is 2. The Morgan fingerprint density at radius 1 is 1.88 bits per heavy atom. The predicted octanol–water partition coefficient (Wildman–Crippen LogP) is -1.53. The fourth-order valence-electron chi connectivity index (χ4n) is 0.282. The van der Waals surface area contributed by atoms with Gasteiger partial charge in [-0.1, -0.05) is 0 Å². The number of carbonyl (C=O) groups is 1. The van der Waals surface area contributed by atoms with E-state index >= 15 is 0 Å². The Morgan fingerprint density at radius 3 is 2.50 bits per heavy atom. The lowest BCUT2D eigenvalue weighted by Gasteiger charge is -1.95. The minimum absolute atomic E-state index is 0.0556. The number of hydrogen-bond donors (Lipinski definition) is 0. The molecule has 0 heterocycles. The van der Waals surface area contributed by atoms with Crippen LogP contribution >= 0.6 is 0 Å². The van der Waals surface area contributed by atoms with Crippen LogP contribution in [-0.4, -0.2) is 30.9 Å². The van der Waals surface area contributed by atoms with E-state index in [4.69, 9.17) is 0 Å². The zero-order valence-electron chi connectivity index (χ0n) is 4.89. The van der Waals surface area contributed by atoms with Crippen molar-refractivity contribution in [2.45, 2.75) is 6.42 Å². The summed E-state index contributed by atoms with van der Waals surface area (Å²) in [4.78, 5) is 9.74. The van der Waals surface area contributed by atoms with Crippen LogP contribution in [0, 0.1) is 0 Å². The molecule has 0 aromatic rings. The summed E-state index contributed by atoms with van der Waals surface area (Å²) in [5.74, 6) is -1.03. The molecule has 0 aromatic heterocycles. The first-order chi connectivity index (χ1) is 3.63. The molecule has 46 valence electrons. The lowest BCUT2D eigenvalue weighted by molar-refractivity contribution is -0.489. The van der Waals surface area contributed by atoms with Gasteiger partial charge in [-0.3, -0.25) is 0 Å². The monoisotopic (exact) mass is 115 g/mol.